The fraction of sp³-hybridized carbons (Fsp3) is 0.429. The highest BCUT2D eigenvalue weighted by Gasteiger charge is 2.24. The molecule has 1 fully saturated rings. The van der Waals surface area contributed by atoms with Crippen LogP contribution in [0.4, 0.5) is 23.0 Å². The molecule has 4 aromatic rings. The summed E-state index contributed by atoms with van der Waals surface area (Å²) < 4.78 is 8.07. The number of nitrogens with one attached hydrogen (secondary N) is 2. The van der Waals surface area contributed by atoms with Gasteiger partial charge in [-0.3, -0.25) is 0 Å². The summed E-state index contributed by atoms with van der Waals surface area (Å²) in [6, 6.07) is 13.0. The number of rotatable bonds is 9. The third-order valence-corrected chi connectivity index (χ3v) is 9.09. The van der Waals surface area contributed by atoms with Crippen LogP contribution in [0.25, 0.3) is 11.4 Å². The Hall–Kier alpha value is -4.04. The van der Waals surface area contributed by atoms with Crippen LogP contribution in [0.3, 0.4) is 0 Å². The molecule has 8 heteroatoms. The van der Waals surface area contributed by atoms with Crippen molar-refractivity contribution in [1.29, 1.82) is 0 Å². The van der Waals surface area contributed by atoms with Crippen LogP contribution in [0.15, 0.2) is 48.8 Å². The van der Waals surface area contributed by atoms with Crippen molar-refractivity contribution in [2.24, 2.45) is 7.05 Å². The average molecular weight is 580 g/mol. The van der Waals surface area contributed by atoms with E-state index in [2.05, 4.69) is 95.5 Å². The standard InChI is InChI=1S/C35H45N7O/c1-6-24-10-8-11-25(7-2)32(24)36-22-27-23-41(4)34-29(27)13-9-12-26-21-37-35(39-33(26)34)38-30-15-14-28(20-31(30)43-5)42-18-16-40(3)17-19-42/h8,10-11,14-15,20-21,23,36H,6-7,9,12-13,16-19,22H2,1-5H3,(H,37,38,39). The van der Waals surface area contributed by atoms with E-state index in [0.717, 1.165) is 82.0 Å². The molecule has 0 saturated carbocycles. The van der Waals surface area contributed by atoms with Gasteiger partial charge in [-0.15, -0.1) is 0 Å². The number of piperazine rings is 1. The number of aryl methyl sites for hydroxylation is 4. The molecule has 1 aliphatic carbocycles. The van der Waals surface area contributed by atoms with E-state index in [4.69, 9.17) is 14.7 Å². The first-order valence-electron chi connectivity index (χ1n) is 15.8. The second kappa shape index (κ2) is 12.7. The summed E-state index contributed by atoms with van der Waals surface area (Å²) in [5, 5.41) is 7.28. The molecule has 1 saturated heterocycles. The quantitative estimate of drug-likeness (QED) is 0.244. The number of hydrogen-bond acceptors (Lipinski definition) is 7. The summed E-state index contributed by atoms with van der Waals surface area (Å²) in [6.07, 6.45) is 9.41. The molecular weight excluding hydrogens is 534 g/mol. The van der Waals surface area contributed by atoms with Gasteiger partial charge >= 0.3 is 0 Å². The minimum absolute atomic E-state index is 0.586. The molecule has 0 unspecified atom stereocenters. The predicted octanol–water partition coefficient (Wildman–Crippen LogP) is 6.21. The molecule has 226 valence electrons. The lowest BCUT2D eigenvalue weighted by molar-refractivity contribution is 0.312. The maximum absolute atomic E-state index is 5.81. The molecule has 0 radical (unpaired) electrons. The maximum Gasteiger partial charge on any atom is 0.227 e. The van der Waals surface area contributed by atoms with Crippen molar-refractivity contribution >= 4 is 23.0 Å². The van der Waals surface area contributed by atoms with Gasteiger partial charge in [0.05, 0.1) is 24.2 Å². The van der Waals surface area contributed by atoms with Crippen molar-refractivity contribution < 1.29 is 4.74 Å². The largest absolute Gasteiger partial charge is 0.494 e. The first-order chi connectivity index (χ1) is 21.0. The number of para-hydroxylation sites is 1. The molecule has 1 aliphatic heterocycles. The van der Waals surface area contributed by atoms with E-state index in [-0.39, 0.29) is 0 Å². The molecular formula is C35H45N7O. The van der Waals surface area contributed by atoms with E-state index in [0.29, 0.717) is 5.95 Å². The van der Waals surface area contributed by atoms with Gasteiger partial charge in [0.15, 0.2) is 0 Å². The van der Waals surface area contributed by atoms with Crippen molar-refractivity contribution in [3.8, 4) is 17.1 Å². The molecule has 43 heavy (non-hydrogen) atoms. The lowest BCUT2D eigenvalue weighted by Gasteiger charge is -2.34. The zero-order valence-electron chi connectivity index (χ0n) is 26.3. The summed E-state index contributed by atoms with van der Waals surface area (Å²) in [5.41, 5.74) is 12.2. The van der Waals surface area contributed by atoms with Gasteiger partial charge < -0.3 is 29.7 Å². The van der Waals surface area contributed by atoms with Gasteiger partial charge in [0, 0.05) is 69.6 Å². The Morgan fingerprint density at radius 1 is 0.930 bits per heavy atom. The maximum atomic E-state index is 5.81. The molecule has 2 aromatic heterocycles. The van der Waals surface area contributed by atoms with Gasteiger partial charge in [-0.2, -0.15) is 0 Å². The van der Waals surface area contributed by atoms with Crippen LogP contribution in [0.1, 0.15) is 48.1 Å². The van der Waals surface area contributed by atoms with Gasteiger partial charge in [-0.25, -0.2) is 9.97 Å². The van der Waals surface area contributed by atoms with Crippen molar-refractivity contribution in [2.45, 2.75) is 52.5 Å². The van der Waals surface area contributed by atoms with Gasteiger partial charge in [0.2, 0.25) is 5.95 Å². The zero-order valence-corrected chi connectivity index (χ0v) is 26.3. The number of nitrogens with zero attached hydrogens (tertiary/aromatic N) is 5. The lowest BCUT2D eigenvalue weighted by atomic mass is 10.0. The minimum atomic E-state index is 0.586. The molecule has 0 atom stereocenters. The SMILES string of the molecule is CCc1cccc(CC)c1NCc1cn(C)c2c1CCCc1cnc(Nc3ccc(N4CCN(C)CC4)cc3OC)nc1-2. The number of aromatic nitrogens is 3. The van der Waals surface area contributed by atoms with Crippen molar-refractivity contribution in [1.82, 2.24) is 19.4 Å². The Morgan fingerprint density at radius 2 is 1.70 bits per heavy atom. The Kier molecular flexibility index (Phi) is 8.56. The van der Waals surface area contributed by atoms with Crippen LogP contribution in [0.2, 0.25) is 0 Å². The highest BCUT2D eigenvalue weighted by molar-refractivity contribution is 5.72. The molecule has 6 rings (SSSR count). The fourth-order valence-corrected chi connectivity index (χ4v) is 6.61. The molecule has 2 aromatic carbocycles. The smallest absolute Gasteiger partial charge is 0.227 e. The summed E-state index contributed by atoms with van der Waals surface area (Å²) in [5.74, 6) is 1.38. The van der Waals surface area contributed by atoms with Gasteiger partial charge in [-0.05, 0) is 79.1 Å². The van der Waals surface area contributed by atoms with Crippen LogP contribution in [-0.2, 0) is 39.3 Å². The first-order valence-corrected chi connectivity index (χ1v) is 15.8. The number of hydrogen-bond donors (Lipinski definition) is 2. The van der Waals surface area contributed by atoms with E-state index in [1.54, 1.807) is 7.11 Å². The van der Waals surface area contributed by atoms with Crippen LogP contribution in [0.5, 0.6) is 5.75 Å². The van der Waals surface area contributed by atoms with Crippen LogP contribution in [0, 0.1) is 0 Å². The van der Waals surface area contributed by atoms with Crippen LogP contribution >= 0.6 is 0 Å². The Labute approximate surface area is 256 Å². The monoisotopic (exact) mass is 579 g/mol. The number of fused-ring (bicyclic) bond motifs is 3. The van der Waals surface area contributed by atoms with Crippen molar-refractivity contribution in [3.63, 3.8) is 0 Å². The second-order valence-corrected chi connectivity index (χ2v) is 11.8. The fourth-order valence-electron chi connectivity index (χ4n) is 6.61. The molecule has 8 nitrogen and oxygen atoms in total. The molecule has 0 amide bonds. The van der Waals surface area contributed by atoms with Gasteiger partial charge in [0.25, 0.3) is 0 Å². The third-order valence-electron chi connectivity index (χ3n) is 9.09. The Balaban J connectivity index is 1.27. The average Bonchev–Trinajstić information content (AvgIpc) is 3.21. The molecule has 2 aliphatic rings. The van der Waals surface area contributed by atoms with E-state index in [1.165, 1.54) is 44.9 Å². The van der Waals surface area contributed by atoms with Gasteiger partial charge in [-0.1, -0.05) is 32.0 Å². The van der Waals surface area contributed by atoms with Crippen LogP contribution < -0.4 is 20.3 Å². The topological polar surface area (TPSA) is 70.5 Å². The first kappa shape index (κ1) is 29.1. The van der Waals surface area contributed by atoms with Crippen molar-refractivity contribution in [2.75, 3.05) is 55.9 Å². The number of likely N-dealkylation sites (N-methyl/N-ethyl adjacent to an activating group) is 1. The van der Waals surface area contributed by atoms with E-state index in [1.807, 2.05) is 6.20 Å². The molecule has 3 heterocycles. The second-order valence-electron chi connectivity index (χ2n) is 11.8. The highest BCUT2D eigenvalue weighted by atomic mass is 16.5. The summed E-state index contributed by atoms with van der Waals surface area (Å²) in [7, 11) is 6.04. The number of anilines is 4. The normalized spacial score (nSPS) is 15.0. The van der Waals surface area contributed by atoms with Crippen LogP contribution in [-0.4, -0.2) is 59.8 Å². The zero-order chi connectivity index (χ0) is 29.9. The minimum Gasteiger partial charge on any atom is -0.494 e. The molecule has 2 N–H and O–H groups in total. The van der Waals surface area contributed by atoms with E-state index < -0.39 is 0 Å². The number of ether oxygens (including phenoxy) is 1. The third kappa shape index (κ3) is 5.93. The number of benzene rings is 2. The lowest BCUT2D eigenvalue weighted by Crippen LogP contribution is -2.44. The van der Waals surface area contributed by atoms with Gasteiger partial charge in [0.1, 0.15) is 5.75 Å². The van der Waals surface area contributed by atoms with E-state index >= 15 is 0 Å². The van der Waals surface area contributed by atoms with E-state index in [9.17, 15) is 0 Å². The van der Waals surface area contributed by atoms with Crippen molar-refractivity contribution in [3.05, 3.63) is 76.6 Å². The molecule has 0 spiro atoms. The molecule has 0 bridgehead atoms. The summed E-state index contributed by atoms with van der Waals surface area (Å²) in [6.45, 7) is 9.42. The highest BCUT2D eigenvalue weighted by Crippen LogP contribution is 2.37. The Morgan fingerprint density at radius 3 is 2.42 bits per heavy atom. The summed E-state index contributed by atoms with van der Waals surface area (Å²) in [4.78, 5) is 14.6. The summed E-state index contributed by atoms with van der Waals surface area (Å²) >= 11 is 0. The Bertz CT molecular complexity index is 1560. The predicted molar refractivity (Wildman–Crippen MR) is 177 cm³/mol. The number of methoxy groups -OCH3 is 1.